The molecule has 4 nitrogen and oxygen atoms in total. The number of anilines is 1. The number of phenolic OH excluding ortho intramolecular Hbond substituents is 1. The summed E-state index contributed by atoms with van der Waals surface area (Å²) in [6.45, 7) is 8.98. The number of hydrogen-bond acceptors (Lipinski definition) is 4. The molecule has 0 radical (unpaired) electrons. The number of hydrogen-bond donors (Lipinski definition) is 3. The number of aromatic hydroxyl groups is 1. The molecule has 160 valence electrons. The van der Waals surface area contributed by atoms with E-state index in [-0.39, 0.29) is 5.75 Å². The molecule has 3 N–H and O–H groups in total. The van der Waals surface area contributed by atoms with Gasteiger partial charge < -0.3 is 15.5 Å². The minimum Gasteiger partial charge on any atom is -0.508 e. The van der Waals surface area contributed by atoms with Gasteiger partial charge in [-0.25, -0.2) is 9.37 Å². The second-order valence-corrected chi connectivity index (χ2v) is 5.67. The predicted octanol–water partition coefficient (Wildman–Crippen LogP) is 6.23. The number of aliphatic hydroxyl groups excluding tert-OH is 1. The zero-order valence-electron chi connectivity index (χ0n) is 17.9. The first-order valence-electron chi connectivity index (χ1n) is 9.76. The first kappa shape index (κ1) is 26.6. The Hall–Kier alpha value is -3.36. The van der Waals surface area contributed by atoms with Crippen LogP contribution < -0.4 is 5.32 Å². The van der Waals surface area contributed by atoms with Crippen LogP contribution in [-0.4, -0.2) is 21.8 Å². The van der Waals surface area contributed by atoms with Crippen LogP contribution >= 0.6 is 0 Å². The van der Waals surface area contributed by atoms with Crippen molar-refractivity contribution in [2.75, 3.05) is 11.9 Å². The van der Waals surface area contributed by atoms with E-state index in [9.17, 15) is 9.50 Å². The Morgan fingerprint density at radius 1 is 1.27 bits per heavy atom. The fraction of sp³-hybridized carbons (Fsp3) is 0.240. The number of phenols is 1. The minimum absolute atomic E-state index is 0.255. The summed E-state index contributed by atoms with van der Waals surface area (Å²) in [7, 11) is 0. The lowest BCUT2D eigenvalue weighted by atomic mass is 10.1. The van der Waals surface area contributed by atoms with Crippen molar-refractivity contribution in [3.8, 4) is 29.2 Å². The molecule has 1 heterocycles. The Morgan fingerprint density at radius 3 is 2.50 bits per heavy atom. The second-order valence-electron chi connectivity index (χ2n) is 5.67. The van der Waals surface area contributed by atoms with Crippen molar-refractivity contribution >= 4 is 5.82 Å². The summed E-state index contributed by atoms with van der Waals surface area (Å²) in [6.07, 6.45) is 12.6. The average molecular weight is 411 g/mol. The Kier molecular flexibility index (Phi) is 14.7. The van der Waals surface area contributed by atoms with E-state index in [1.165, 1.54) is 6.08 Å². The summed E-state index contributed by atoms with van der Waals surface area (Å²) in [6, 6.07) is 10.9. The summed E-state index contributed by atoms with van der Waals surface area (Å²) in [4.78, 5) is 4.21. The average Bonchev–Trinajstić information content (AvgIpc) is 2.79. The molecule has 0 spiro atoms. The lowest BCUT2D eigenvalue weighted by molar-refractivity contribution is 0.297. The molecule has 0 atom stereocenters. The molecule has 0 amide bonds. The van der Waals surface area contributed by atoms with Gasteiger partial charge in [-0.15, -0.1) is 6.42 Å². The molecule has 1 aromatic heterocycles. The molecular formula is C25H31FN2O2. The van der Waals surface area contributed by atoms with Gasteiger partial charge in [0.1, 0.15) is 17.4 Å². The van der Waals surface area contributed by atoms with Crippen LogP contribution in [0.3, 0.4) is 0 Å². The third-order valence-electron chi connectivity index (χ3n) is 3.67. The molecule has 0 aliphatic rings. The molecular weight excluding hydrogens is 379 g/mol. The van der Waals surface area contributed by atoms with E-state index in [2.05, 4.69) is 22.8 Å². The molecule has 0 unspecified atom stereocenters. The standard InChI is InChI=1S/C13H12N2O.C10H13FO.C2H6/c1-2-14-13-7-6-11(9-15-13)10-4-3-5-12(16)8-10;1-3-5-9(4-2)6-7-10(11)8-12;1-2/h2-9,16H,1H2,(H,14,15);1,5,7,12H,4,6,8H2,2H3;1-2H3/b;9-5-,10-7+;. The number of nitrogens with one attached hydrogen (secondary N) is 1. The van der Waals surface area contributed by atoms with Crippen molar-refractivity contribution in [3.63, 3.8) is 0 Å². The van der Waals surface area contributed by atoms with Gasteiger partial charge in [0, 0.05) is 11.8 Å². The maximum atomic E-state index is 12.4. The van der Waals surface area contributed by atoms with Gasteiger partial charge in [-0.3, -0.25) is 0 Å². The Morgan fingerprint density at radius 2 is 2.00 bits per heavy atom. The maximum Gasteiger partial charge on any atom is 0.129 e. The fourth-order valence-electron chi connectivity index (χ4n) is 2.17. The number of terminal acetylenes is 1. The quantitative estimate of drug-likeness (QED) is 0.474. The second kappa shape index (κ2) is 16.6. The topological polar surface area (TPSA) is 65.4 Å². The Balaban J connectivity index is 0.000000540. The van der Waals surface area contributed by atoms with Crippen molar-refractivity contribution in [1.29, 1.82) is 0 Å². The highest BCUT2D eigenvalue weighted by Crippen LogP contribution is 2.23. The molecule has 0 fully saturated rings. The number of benzene rings is 1. The summed E-state index contributed by atoms with van der Waals surface area (Å²) in [5.41, 5.74) is 2.89. The van der Waals surface area contributed by atoms with Crippen LogP contribution in [0.2, 0.25) is 0 Å². The van der Waals surface area contributed by atoms with Crippen molar-refractivity contribution in [3.05, 3.63) is 78.9 Å². The van der Waals surface area contributed by atoms with Gasteiger partial charge in [0.15, 0.2) is 0 Å². The van der Waals surface area contributed by atoms with E-state index < -0.39 is 12.4 Å². The van der Waals surface area contributed by atoms with Crippen LogP contribution in [0.15, 0.2) is 78.9 Å². The molecule has 1 aromatic carbocycles. The number of halogens is 1. The highest BCUT2D eigenvalue weighted by molar-refractivity contribution is 5.65. The van der Waals surface area contributed by atoms with E-state index in [1.54, 1.807) is 36.7 Å². The molecule has 30 heavy (non-hydrogen) atoms. The number of aliphatic hydroxyl groups is 1. The third kappa shape index (κ3) is 10.8. The maximum absolute atomic E-state index is 12.4. The Labute approximate surface area is 179 Å². The molecule has 0 aliphatic carbocycles. The van der Waals surface area contributed by atoms with Gasteiger partial charge in [0.2, 0.25) is 0 Å². The van der Waals surface area contributed by atoms with Crippen molar-refractivity contribution in [2.45, 2.75) is 33.6 Å². The van der Waals surface area contributed by atoms with Gasteiger partial charge in [-0.1, -0.05) is 51.0 Å². The number of nitrogens with zero attached hydrogens (tertiary/aromatic N) is 1. The van der Waals surface area contributed by atoms with E-state index >= 15 is 0 Å². The molecule has 0 saturated heterocycles. The van der Waals surface area contributed by atoms with Crippen LogP contribution in [0.1, 0.15) is 33.6 Å². The lowest BCUT2D eigenvalue weighted by Crippen LogP contribution is -1.89. The van der Waals surface area contributed by atoms with Crippen molar-refractivity contribution in [2.24, 2.45) is 0 Å². The smallest absolute Gasteiger partial charge is 0.129 e. The normalized spacial score (nSPS) is 10.5. The minimum atomic E-state index is -0.535. The van der Waals surface area contributed by atoms with Gasteiger partial charge in [0.05, 0.1) is 6.61 Å². The van der Waals surface area contributed by atoms with Crippen molar-refractivity contribution in [1.82, 2.24) is 4.98 Å². The predicted molar refractivity (Wildman–Crippen MR) is 125 cm³/mol. The van der Waals surface area contributed by atoms with E-state index in [1.807, 2.05) is 39.0 Å². The van der Waals surface area contributed by atoms with Crippen LogP contribution in [0.5, 0.6) is 5.75 Å². The number of pyridine rings is 1. The van der Waals surface area contributed by atoms with E-state index in [0.29, 0.717) is 6.42 Å². The van der Waals surface area contributed by atoms with Crippen LogP contribution in [-0.2, 0) is 0 Å². The summed E-state index contributed by atoms with van der Waals surface area (Å²) in [5.74, 6) is 2.88. The largest absolute Gasteiger partial charge is 0.508 e. The highest BCUT2D eigenvalue weighted by atomic mass is 19.1. The summed E-state index contributed by atoms with van der Waals surface area (Å²) in [5, 5.41) is 20.6. The molecule has 2 rings (SSSR count). The number of aromatic nitrogens is 1. The first-order valence-corrected chi connectivity index (χ1v) is 9.76. The van der Waals surface area contributed by atoms with Crippen molar-refractivity contribution < 1.29 is 14.6 Å². The molecule has 0 saturated carbocycles. The molecule has 5 heteroatoms. The molecule has 0 aliphatic heterocycles. The zero-order valence-corrected chi connectivity index (χ0v) is 17.9. The monoisotopic (exact) mass is 410 g/mol. The van der Waals surface area contributed by atoms with Crippen LogP contribution in [0.25, 0.3) is 11.1 Å². The number of rotatable bonds is 7. The SMILES string of the molecule is C#C/C=C(/CC)C/C=C(/F)CO.C=CNc1ccc(-c2cccc(O)c2)cn1.CC. The summed E-state index contributed by atoms with van der Waals surface area (Å²) < 4.78 is 12.4. The van der Waals surface area contributed by atoms with Crippen LogP contribution in [0.4, 0.5) is 10.2 Å². The zero-order chi connectivity index (χ0) is 22.8. The van der Waals surface area contributed by atoms with E-state index in [0.717, 1.165) is 28.9 Å². The van der Waals surface area contributed by atoms with E-state index in [4.69, 9.17) is 11.5 Å². The first-order chi connectivity index (χ1) is 14.5. The highest BCUT2D eigenvalue weighted by Gasteiger charge is 1.99. The number of allylic oxidation sites excluding steroid dienone is 3. The fourth-order valence-corrected chi connectivity index (χ4v) is 2.17. The Bertz CT molecular complexity index is 850. The molecule has 2 aromatic rings. The van der Waals surface area contributed by atoms with Gasteiger partial charge in [-0.05, 0) is 61.0 Å². The van der Waals surface area contributed by atoms with Gasteiger partial charge in [-0.2, -0.15) is 0 Å². The summed E-state index contributed by atoms with van der Waals surface area (Å²) >= 11 is 0. The van der Waals surface area contributed by atoms with Crippen LogP contribution in [0, 0.1) is 12.3 Å². The lowest BCUT2D eigenvalue weighted by Gasteiger charge is -2.03. The van der Waals surface area contributed by atoms with Gasteiger partial charge >= 0.3 is 0 Å². The van der Waals surface area contributed by atoms with Gasteiger partial charge in [0.25, 0.3) is 0 Å². The third-order valence-corrected chi connectivity index (χ3v) is 3.67. The molecule has 0 bridgehead atoms.